The SMILES string of the molecule is O=C(NC[C@@H]1C[C@@H](Oc2ccccc2)[C@H](O)[C@H]1N1CCOCC1)c1cccnc1. The number of aliphatic hydroxyl groups is 1. The molecule has 0 radical (unpaired) electrons. The molecule has 29 heavy (non-hydrogen) atoms. The zero-order valence-electron chi connectivity index (χ0n) is 16.3. The highest BCUT2D eigenvalue weighted by atomic mass is 16.5. The van der Waals surface area contributed by atoms with Gasteiger partial charge in [0.05, 0.1) is 18.8 Å². The summed E-state index contributed by atoms with van der Waals surface area (Å²) in [6.45, 7) is 3.32. The second kappa shape index (κ2) is 9.35. The predicted molar refractivity (Wildman–Crippen MR) is 108 cm³/mol. The van der Waals surface area contributed by atoms with Gasteiger partial charge in [0.1, 0.15) is 18.0 Å². The van der Waals surface area contributed by atoms with Gasteiger partial charge in [0.25, 0.3) is 5.91 Å². The van der Waals surface area contributed by atoms with Gasteiger partial charge in [-0.3, -0.25) is 14.7 Å². The van der Waals surface area contributed by atoms with Gasteiger partial charge >= 0.3 is 0 Å². The maximum absolute atomic E-state index is 12.5. The summed E-state index contributed by atoms with van der Waals surface area (Å²) < 4.78 is 11.6. The Balaban J connectivity index is 1.45. The van der Waals surface area contributed by atoms with Crippen molar-refractivity contribution < 1.29 is 19.4 Å². The van der Waals surface area contributed by atoms with E-state index in [1.807, 2.05) is 30.3 Å². The summed E-state index contributed by atoms with van der Waals surface area (Å²) >= 11 is 0. The second-order valence-corrected chi connectivity index (χ2v) is 7.55. The molecular formula is C22H27N3O4. The van der Waals surface area contributed by atoms with Crippen LogP contribution in [0.2, 0.25) is 0 Å². The normalized spacial score (nSPS) is 27.5. The third-order valence-corrected chi connectivity index (χ3v) is 5.70. The third kappa shape index (κ3) is 4.75. The minimum absolute atomic E-state index is 0.0810. The van der Waals surface area contributed by atoms with Crippen molar-refractivity contribution in [1.29, 1.82) is 0 Å². The average Bonchev–Trinajstić information content (AvgIpc) is 3.09. The molecular weight excluding hydrogens is 370 g/mol. The maximum atomic E-state index is 12.5. The van der Waals surface area contributed by atoms with Gasteiger partial charge < -0.3 is 19.9 Å². The Bertz CT molecular complexity index is 783. The van der Waals surface area contributed by atoms with Gasteiger partial charge in [-0.15, -0.1) is 0 Å². The van der Waals surface area contributed by atoms with Gasteiger partial charge in [0.15, 0.2) is 0 Å². The molecule has 2 heterocycles. The number of ether oxygens (including phenoxy) is 2. The first kappa shape index (κ1) is 19.8. The predicted octanol–water partition coefficient (Wildman–Crippen LogP) is 1.34. The van der Waals surface area contributed by atoms with E-state index in [9.17, 15) is 9.90 Å². The number of nitrogens with zero attached hydrogens (tertiary/aromatic N) is 2. The molecule has 2 aromatic rings. The topological polar surface area (TPSA) is 83.9 Å². The third-order valence-electron chi connectivity index (χ3n) is 5.70. The van der Waals surface area contributed by atoms with E-state index in [0.29, 0.717) is 31.7 Å². The summed E-state index contributed by atoms with van der Waals surface area (Å²) in [5, 5.41) is 14.1. The van der Waals surface area contributed by atoms with Crippen LogP contribution in [0.3, 0.4) is 0 Å². The fourth-order valence-corrected chi connectivity index (χ4v) is 4.28. The number of nitrogens with one attached hydrogen (secondary N) is 1. The number of aliphatic hydroxyl groups excluding tert-OH is 1. The summed E-state index contributed by atoms with van der Waals surface area (Å²) in [5.41, 5.74) is 0.533. The number of aromatic nitrogens is 1. The fourth-order valence-electron chi connectivity index (χ4n) is 4.28. The lowest BCUT2D eigenvalue weighted by atomic mass is 10.0. The Morgan fingerprint density at radius 3 is 2.72 bits per heavy atom. The molecule has 1 saturated carbocycles. The van der Waals surface area contributed by atoms with Crippen LogP contribution in [0.4, 0.5) is 0 Å². The zero-order chi connectivity index (χ0) is 20.1. The maximum Gasteiger partial charge on any atom is 0.252 e. The van der Waals surface area contributed by atoms with Crippen LogP contribution in [-0.2, 0) is 4.74 Å². The molecule has 1 aliphatic heterocycles. The average molecular weight is 397 g/mol. The Hall–Kier alpha value is -2.48. The number of pyridine rings is 1. The van der Waals surface area contributed by atoms with E-state index in [4.69, 9.17) is 9.47 Å². The number of para-hydroxylation sites is 1. The molecule has 154 valence electrons. The molecule has 1 aromatic heterocycles. The van der Waals surface area contributed by atoms with Crippen LogP contribution in [0.25, 0.3) is 0 Å². The first-order valence-electron chi connectivity index (χ1n) is 10.1. The summed E-state index contributed by atoms with van der Waals surface area (Å²) in [7, 11) is 0. The van der Waals surface area contributed by atoms with Crippen molar-refractivity contribution in [1.82, 2.24) is 15.2 Å². The fraction of sp³-hybridized carbons (Fsp3) is 0.455. The van der Waals surface area contributed by atoms with Crippen LogP contribution in [0.15, 0.2) is 54.9 Å². The Morgan fingerprint density at radius 2 is 2.00 bits per heavy atom. The van der Waals surface area contributed by atoms with Gasteiger partial charge in [-0.2, -0.15) is 0 Å². The van der Waals surface area contributed by atoms with Crippen molar-refractivity contribution in [3.8, 4) is 5.75 Å². The molecule has 4 rings (SSSR count). The van der Waals surface area contributed by atoms with Crippen molar-refractivity contribution in [2.45, 2.75) is 24.7 Å². The molecule has 2 N–H and O–H groups in total. The van der Waals surface area contributed by atoms with Crippen molar-refractivity contribution in [2.75, 3.05) is 32.8 Å². The van der Waals surface area contributed by atoms with Crippen LogP contribution in [-0.4, -0.2) is 72.0 Å². The van der Waals surface area contributed by atoms with Crippen molar-refractivity contribution >= 4 is 5.91 Å². The highest BCUT2D eigenvalue weighted by Gasteiger charge is 2.46. The van der Waals surface area contributed by atoms with Crippen molar-refractivity contribution in [2.24, 2.45) is 5.92 Å². The molecule has 0 unspecified atom stereocenters. The Kier molecular flexibility index (Phi) is 6.39. The van der Waals surface area contributed by atoms with E-state index < -0.39 is 6.10 Å². The Labute approximate surface area is 170 Å². The molecule has 0 spiro atoms. The van der Waals surface area contributed by atoms with Crippen molar-refractivity contribution in [3.63, 3.8) is 0 Å². The van der Waals surface area contributed by atoms with Crippen LogP contribution < -0.4 is 10.1 Å². The van der Waals surface area contributed by atoms with E-state index in [0.717, 1.165) is 18.8 Å². The minimum atomic E-state index is -0.631. The zero-order valence-corrected chi connectivity index (χ0v) is 16.3. The van der Waals surface area contributed by atoms with E-state index >= 15 is 0 Å². The van der Waals surface area contributed by atoms with Crippen LogP contribution in [0.1, 0.15) is 16.8 Å². The van der Waals surface area contributed by atoms with Gasteiger partial charge in [0.2, 0.25) is 0 Å². The molecule has 7 heteroatoms. The van der Waals surface area contributed by atoms with Gasteiger partial charge in [-0.05, 0) is 36.6 Å². The Morgan fingerprint density at radius 1 is 1.21 bits per heavy atom. The summed E-state index contributed by atoms with van der Waals surface area (Å²) in [6.07, 6.45) is 2.92. The summed E-state index contributed by atoms with van der Waals surface area (Å²) in [5.74, 6) is 0.676. The number of carbonyl (C=O) groups is 1. The quantitative estimate of drug-likeness (QED) is 0.765. The molecule has 1 aliphatic carbocycles. The lowest BCUT2D eigenvalue weighted by Crippen LogP contribution is -2.52. The van der Waals surface area contributed by atoms with Gasteiger partial charge in [-0.1, -0.05) is 18.2 Å². The van der Waals surface area contributed by atoms with Crippen LogP contribution in [0, 0.1) is 5.92 Å². The molecule has 1 saturated heterocycles. The first-order valence-corrected chi connectivity index (χ1v) is 10.1. The molecule has 2 aliphatic rings. The standard InChI is InChI=1S/C22H27N3O4/c26-21-19(29-18-6-2-1-3-7-18)13-17(20(21)25-9-11-28-12-10-25)15-24-22(27)16-5-4-8-23-14-16/h1-8,14,17,19-21,26H,9-13,15H2,(H,24,27)/t17-,19+,20-,21-/m0/s1. The number of benzene rings is 1. The lowest BCUT2D eigenvalue weighted by molar-refractivity contribution is -0.0386. The summed E-state index contributed by atoms with van der Waals surface area (Å²) in [4.78, 5) is 18.7. The van der Waals surface area contributed by atoms with Crippen LogP contribution >= 0.6 is 0 Å². The summed E-state index contributed by atoms with van der Waals surface area (Å²) in [6, 6.07) is 13.0. The smallest absolute Gasteiger partial charge is 0.252 e. The lowest BCUT2D eigenvalue weighted by Gasteiger charge is -2.37. The molecule has 1 aromatic carbocycles. The van der Waals surface area contributed by atoms with Gasteiger partial charge in [-0.25, -0.2) is 0 Å². The van der Waals surface area contributed by atoms with E-state index in [2.05, 4.69) is 15.2 Å². The first-order chi connectivity index (χ1) is 14.2. The molecule has 0 bridgehead atoms. The molecule has 2 fully saturated rings. The van der Waals surface area contributed by atoms with Crippen molar-refractivity contribution in [3.05, 3.63) is 60.4 Å². The minimum Gasteiger partial charge on any atom is -0.488 e. The largest absolute Gasteiger partial charge is 0.488 e. The number of hydrogen-bond donors (Lipinski definition) is 2. The number of rotatable bonds is 6. The van der Waals surface area contributed by atoms with Crippen LogP contribution in [0.5, 0.6) is 5.75 Å². The monoisotopic (exact) mass is 397 g/mol. The molecule has 7 nitrogen and oxygen atoms in total. The number of carbonyl (C=O) groups excluding carboxylic acids is 1. The molecule has 1 amide bonds. The number of morpholine rings is 1. The number of hydrogen-bond acceptors (Lipinski definition) is 6. The number of amides is 1. The highest BCUT2D eigenvalue weighted by Crippen LogP contribution is 2.33. The van der Waals surface area contributed by atoms with E-state index in [1.54, 1.807) is 24.5 Å². The molecule has 4 atom stereocenters. The highest BCUT2D eigenvalue weighted by molar-refractivity contribution is 5.93. The van der Waals surface area contributed by atoms with E-state index in [-0.39, 0.29) is 24.0 Å². The second-order valence-electron chi connectivity index (χ2n) is 7.55. The van der Waals surface area contributed by atoms with Gasteiger partial charge in [0, 0.05) is 38.1 Å². The van der Waals surface area contributed by atoms with E-state index in [1.165, 1.54) is 0 Å².